The highest BCUT2D eigenvalue weighted by atomic mass is 32.1. The number of thiocarbonyl (C=S) groups is 1. The number of ether oxygens (including phenoxy) is 7. The molecule has 0 unspecified atom stereocenters. The Bertz CT molecular complexity index is 783. The number of benzene rings is 1. The van der Waals surface area contributed by atoms with E-state index in [-0.39, 0.29) is 11.8 Å². The first kappa shape index (κ1) is 24.5. The van der Waals surface area contributed by atoms with Crippen LogP contribution in [0, 0.1) is 0 Å². The van der Waals surface area contributed by atoms with Gasteiger partial charge in [0.1, 0.15) is 18.5 Å². The van der Waals surface area contributed by atoms with Crippen molar-refractivity contribution in [1.29, 1.82) is 0 Å². The van der Waals surface area contributed by atoms with Gasteiger partial charge in [0.15, 0.2) is 24.6 Å². The first-order valence-corrected chi connectivity index (χ1v) is 9.71. The molecule has 0 radical (unpaired) electrons. The van der Waals surface area contributed by atoms with Crippen LogP contribution in [-0.2, 0) is 42.8 Å². The minimum absolute atomic E-state index is 0.275. The molecule has 0 saturated carbocycles. The largest absolute Gasteiger partial charge is 0.463 e. The lowest BCUT2D eigenvalue weighted by atomic mass is 9.98. The molecule has 0 spiro atoms. The van der Waals surface area contributed by atoms with Crippen molar-refractivity contribution in [2.75, 3.05) is 13.7 Å². The molecule has 170 valence electrons. The Balaban J connectivity index is 2.28. The molecule has 1 saturated heterocycles. The van der Waals surface area contributed by atoms with E-state index in [1.165, 1.54) is 27.9 Å². The van der Waals surface area contributed by atoms with Crippen molar-refractivity contribution in [2.45, 2.75) is 51.5 Å². The third kappa shape index (κ3) is 7.46. The van der Waals surface area contributed by atoms with Crippen LogP contribution in [0.25, 0.3) is 0 Å². The molecule has 31 heavy (non-hydrogen) atoms. The Hall–Kier alpha value is -2.76. The zero-order valence-electron chi connectivity index (χ0n) is 17.5. The Labute approximate surface area is 184 Å². The monoisotopic (exact) mass is 456 g/mol. The number of methoxy groups -OCH3 is 1. The van der Waals surface area contributed by atoms with Gasteiger partial charge < -0.3 is 33.2 Å². The molecule has 0 bridgehead atoms. The van der Waals surface area contributed by atoms with Gasteiger partial charge in [0.25, 0.3) is 0 Å². The number of carbonyl (C=O) groups is 3. The van der Waals surface area contributed by atoms with Gasteiger partial charge >= 0.3 is 23.1 Å². The second kappa shape index (κ2) is 11.6. The summed E-state index contributed by atoms with van der Waals surface area (Å²) in [7, 11) is 1.34. The fraction of sp³-hybridized carbons (Fsp3) is 0.500. The molecule has 2 rings (SSSR count). The molecule has 5 atom stereocenters. The van der Waals surface area contributed by atoms with Crippen molar-refractivity contribution in [3.8, 4) is 5.75 Å². The van der Waals surface area contributed by atoms with Crippen LogP contribution < -0.4 is 4.74 Å². The standard InChI is InChI=1S/C20H24O10S/c1-11(21)25-10-15-16(26-12(2)22)17(27-13(3)23)18(19(24-4)29-15)30-20(31)28-14-8-6-5-7-9-14/h5-9,15-19H,10H2,1-4H3/t15-,16-,17+,18-,19+/m1/s1. The number of hydrogen-bond donors (Lipinski definition) is 0. The van der Waals surface area contributed by atoms with Gasteiger partial charge in [-0.3, -0.25) is 14.4 Å². The maximum absolute atomic E-state index is 11.8. The topological polar surface area (TPSA) is 116 Å². The molecular weight excluding hydrogens is 432 g/mol. The van der Waals surface area contributed by atoms with E-state index in [1.807, 2.05) is 0 Å². The molecule has 0 aliphatic carbocycles. The number of hydrogen-bond acceptors (Lipinski definition) is 11. The molecular formula is C20H24O10S. The quantitative estimate of drug-likeness (QED) is 0.338. The molecule has 0 N–H and O–H groups in total. The minimum Gasteiger partial charge on any atom is -0.463 e. The smallest absolute Gasteiger partial charge is 0.358 e. The van der Waals surface area contributed by atoms with Crippen LogP contribution in [0.3, 0.4) is 0 Å². The molecule has 11 heteroatoms. The minimum atomic E-state index is -1.20. The van der Waals surface area contributed by atoms with Crippen LogP contribution in [0.1, 0.15) is 20.8 Å². The second-order valence-corrected chi connectivity index (χ2v) is 6.81. The summed E-state index contributed by atoms with van der Waals surface area (Å²) in [6, 6.07) is 8.63. The van der Waals surface area contributed by atoms with Crippen molar-refractivity contribution < 1.29 is 47.5 Å². The third-order valence-corrected chi connectivity index (χ3v) is 4.23. The molecule has 10 nitrogen and oxygen atoms in total. The van der Waals surface area contributed by atoms with Crippen molar-refractivity contribution in [1.82, 2.24) is 0 Å². The number of esters is 3. The summed E-state index contributed by atoms with van der Waals surface area (Å²) >= 11 is 5.15. The van der Waals surface area contributed by atoms with Crippen molar-refractivity contribution in [3.05, 3.63) is 30.3 Å². The van der Waals surface area contributed by atoms with E-state index in [4.69, 9.17) is 45.4 Å². The molecule has 0 amide bonds. The van der Waals surface area contributed by atoms with E-state index in [0.29, 0.717) is 5.75 Å². The molecule has 1 aromatic carbocycles. The SMILES string of the molecule is CO[C@H]1O[C@H](COC(C)=O)[C@@H](OC(C)=O)[C@H](OC(C)=O)[C@H]1OC(=S)Oc1ccccc1. The maximum atomic E-state index is 11.8. The van der Waals surface area contributed by atoms with E-state index in [9.17, 15) is 14.4 Å². The molecule has 0 aromatic heterocycles. The maximum Gasteiger partial charge on any atom is 0.358 e. The van der Waals surface area contributed by atoms with Crippen LogP contribution in [-0.4, -0.2) is 67.6 Å². The lowest BCUT2D eigenvalue weighted by Gasteiger charge is -2.43. The second-order valence-electron chi connectivity index (χ2n) is 6.48. The zero-order valence-corrected chi connectivity index (χ0v) is 18.3. The Morgan fingerprint density at radius 1 is 0.903 bits per heavy atom. The summed E-state index contributed by atoms with van der Waals surface area (Å²) in [5.41, 5.74) is 0. The Kier molecular flexibility index (Phi) is 9.16. The summed E-state index contributed by atoms with van der Waals surface area (Å²) in [5, 5.41) is -0.293. The van der Waals surface area contributed by atoms with Gasteiger partial charge in [-0.1, -0.05) is 18.2 Å². The summed E-state index contributed by atoms with van der Waals surface area (Å²) in [5.74, 6) is -1.49. The van der Waals surface area contributed by atoms with Gasteiger partial charge in [-0.25, -0.2) is 0 Å². The molecule has 1 heterocycles. The highest BCUT2D eigenvalue weighted by Gasteiger charge is 2.52. The summed E-state index contributed by atoms with van der Waals surface area (Å²) < 4.78 is 37.9. The lowest BCUT2D eigenvalue weighted by Crippen LogP contribution is -2.62. The number of para-hydroxylation sites is 1. The summed E-state index contributed by atoms with van der Waals surface area (Å²) in [4.78, 5) is 34.7. The Morgan fingerprint density at radius 3 is 2.06 bits per heavy atom. The van der Waals surface area contributed by atoms with Gasteiger partial charge in [-0.2, -0.15) is 0 Å². The lowest BCUT2D eigenvalue weighted by molar-refractivity contribution is -0.297. The van der Waals surface area contributed by atoms with Crippen LogP contribution in [0.2, 0.25) is 0 Å². The van der Waals surface area contributed by atoms with E-state index in [1.54, 1.807) is 30.3 Å². The van der Waals surface area contributed by atoms with Gasteiger partial charge in [-0.05, 0) is 12.1 Å². The predicted molar refractivity (Wildman–Crippen MR) is 108 cm³/mol. The first-order valence-electron chi connectivity index (χ1n) is 9.30. The normalized spacial score (nSPS) is 25.1. The molecule has 1 aliphatic rings. The number of carbonyl (C=O) groups excluding carboxylic acids is 3. The zero-order chi connectivity index (χ0) is 23.0. The fourth-order valence-corrected chi connectivity index (χ4v) is 3.11. The predicted octanol–water partition coefficient (Wildman–Crippen LogP) is 1.53. The van der Waals surface area contributed by atoms with Crippen LogP contribution in [0.4, 0.5) is 0 Å². The average Bonchev–Trinajstić information content (AvgIpc) is 2.69. The molecule has 1 aromatic rings. The number of rotatable bonds is 7. The summed E-state index contributed by atoms with van der Waals surface area (Å²) in [6.45, 7) is 3.29. The highest BCUT2D eigenvalue weighted by molar-refractivity contribution is 7.79. The van der Waals surface area contributed by atoms with Crippen LogP contribution in [0.15, 0.2) is 30.3 Å². The first-order chi connectivity index (χ1) is 14.7. The molecule has 1 aliphatic heterocycles. The van der Waals surface area contributed by atoms with Gasteiger partial charge in [-0.15, -0.1) is 0 Å². The van der Waals surface area contributed by atoms with Crippen molar-refractivity contribution >= 4 is 35.4 Å². The molecule has 1 fully saturated rings. The average molecular weight is 456 g/mol. The van der Waals surface area contributed by atoms with Crippen molar-refractivity contribution in [2.24, 2.45) is 0 Å². The third-order valence-electron chi connectivity index (χ3n) is 4.06. The van der Waals surface area contributed by atoms with Gasteiger partial charge in [0.05, 0.1) is 0 Å². The van der Waals surface area contributed by atoms with Crippen molar-refractivity contribution in [3.63, 3.8) is 0 Å². The highest BCUT2D eigenvalue weighted by Crippen LogP contribution is 2.30. The van der Waals surface area contributed by atoms with Gasteiger partial charge in [0.2, 0.25) is 0 Å². The van der Waals surface area contributed by atoms with E-state index < -0.39 is 48.6 Å². The van der Waals surface area contributed by atoms with E-state index >= 15 is 0 Å². The Morgan fingerprint density at radius 2 is 1.52 bits per heavy atom. The van der Waals surface area contributed by atoms with E-state index in [0.717, 1.165) is 0 Å². The fourth-order valence-electron chi connectivity index (χ4n) is 2.91. The van der Waals surface area contributed by atoms with Crippen LogP contribution in [0.5, 0.6) is 5.75 Å². The van der Waals surface area contributed by atoms with Crippen LogP contribution >= 0.6 is 12.2 Å². The summed E-state index contributed by atoms with van der Waals surface area (Å²) in [6.07, 6.45) is -5.63. The van der Waals surface area contributed by atoms with E-state index in [2.05, 4.69) is 0 Å². The van der Waals surface area contributed by atoms with Gasteiger partial charge in [0, 0.05) is 40.1 Å².